The standard InChI is InChI=1S/C8H14O4Si/c1-4-5-6-13(11-7(2)9)12-8(3)10/h4,13H,1,5-6H2,2-3H3. The lowest BCUT2D eigenvalue weighted by Crippen LogP contribution is -2.27. The minimum Gasteiger partial charge on any atom is -0.487 e. The maximum Gasteiger partial charge on any atom is 0.448 e. The predicted molar refractivity (Wildman–Crippen MR) is 50.3 cm³/mol. The zero-order valence-corrected chi connectivity index (χ0v) is 9.06. The summed E-state index contributed by atoms with van der Waals surface area (Å²) in [5.41, 5.74) is 0. The van der Waals surface area contributed by atoms with Gasteiger partial charge in [-0.15, -0.1) is 6.58 Å². The number of rotatable bonds is 5. The molecule has 13 heavy (non-hydrogen) atoms. The zero-order chi connectivity index (χ0) is 10.3. The van der Waals surface area contributed by atoms with Crippen molar-refractivity contribution in [2.24, 2.45) is 0 Å². The molecule has 0 aromatic rings. The van der Waals surface area contributed by atoms with Gasteiger partial charge in [0.25, 0.3) is 11.9 Å². The minimum atomic E-state index is -2.14. The largest absolute Gasteiger partial charge is 0.487 e. The molecule has 0 bridgehead atoms. The summed E-state index contributed by atoms with van der Waals surface area (Å²) >= 11 is 0. The molecular formula is C8H14O4Si. The summed E-state index contributed by atoms with van der Waals surface area (Å²) in [7, 11) is -2.14. The second kappa shape index (κ2) is 6.42. The molecule has 0 aromatic carbocycles. The number of hydrogen-bond acceptors (Lipinski definition) is 4. The molecule has 0 aliphatic heterocycles. The molecule has 0 aliphatic rings. The van der Waals surface area contributed by atoms with Crippen LogP contribution in [-0.4, -0.2) is 21.2 Å². The molecule has 0 heterocycles. The van der Waals surface area contributed by atoms with Gasteiger partial charge in [-0.3, -0.25) is 9.59 Å². The smallest absolute Gasteiger partial charge is 0.448 e. The molecule has 5 heteroatoms. The van der Waals surface area contributed by atoms with Crippen LogP contribution in [0, 0.1) is 0 Å². The molecule has 0 saturated carbocycles. The maximum absolute atomic E-state index is 10.6. The molecule has 0 rings (SSSR count). The molecule has 4 nitrogen and oxygen atoms in total. The van der Waals surface area contributed by atoms with Gasteiger partial charge in [-0.1, -0.05) is 6.08 Å². The molecule has 74 valence electrons. The number of allylic oxidation sites excluding steroid dienone is 1. The van der Waals surface area contributed by atoms with E-state index in [4.69, 9.17) is 8.85 Å². The fourth-order valence-electron chi connectivity index (χ4n) is 0.766. The van der Waals surface area contributed by atoms with Crippen LogP contribution in [-0.2, 0) is 18.4 Å². The van der Waals surface area contributed by atoms with Gasteiger partial charge in [0.15, 0.2) is 0 Å². The fourth-order valence-corrected chi connectivity index (χ4v) is 2.30. The highest BCUT2D eigenvalue weighted by atomic mass is 28.3. The highest BCUT2D eigenvalue weighted by Crippen LogP contribution is 2.02. The van der Waals surface area contributed by atoms with E-state index in [0.29, 0.717) is 12.5 Å². The minimum absolute atomic E-state index is 0.401. The van der Waals surface area contributed by atoms with Crippen molar-refractivity contribution < 1.29 is 18.4 Å². The summed E-state index contributed by atoms with van der Waals surface area (Å²) in [5.74, 6) is -0.802. The van der Waals surface area contributed by atoms with E-state index < -0.39 is 21.2 Å². The van der Waals surface area contributed by atoms with Crippen LogP contribution in [0.15, 0.2) is 12.7 Å². The van der Waals surface area contributed by atoms with Crippen LogP contribution in [0.2, 0.25) is 6.04 Å². The van der Waals surface area contributed by atoms with Crippen molar-refractivity contribution in [3.05, 3.63) is 12.7 Å². The third kappa shape index (κ3) is 7.26. The highest BCUT2D eigenvalue weighted by Gasteiger charge is 2.18. The van der Waals surface area contributed by atoms with Crippen LogP contribution in [0.4, 0.5) is 0 Å². The summed E-state index contributed by atoms with van der Waals surface area (Å²) in [4.78, 5) is 21.2. The van der Waals surface area contributed by atoms with Gasteiger partial charge in [0.1, 0.15) is 0 Å². The predicted octanol–water partition coefficient (Wildman–Crippen LogP) is 0.909. The monoisotopic (exact) mass is 202 g/mol. The lowest BCUT2D eigenvalue weighted by Gasteiger charge is -2.13. The Hall–Kier alpha value is -1.10. The van der Waals surface area contributed by atoms with Gasteiger partial charge in [-0.05, 0) is 6.42 Å². The molecule has 0 fully saturated rings. The molecule has 0 aliphatic carbocycles. The topological polar surface area (TPSA) is 52.6 Å². The van der Waals surface area contributed by atoms with E-state index in [9.17, 15) is 9.59 Å². The van der Waals surface area contributed by atoms with E-state index in [1.165, 1.54) is 13.8 Å². The normalized spacial score (nSPS) is 9.46. The summed E-state index contributed by atoms with van der Waals surface area (Å²) in [6.07, 6.45) is 2.39. The molecule has 0 atom stereocenters. The molecule has 0 amide bonds. The van der Waals surface area contributed by atoms with Crippen LogP contribution >= 0.6 is 0 Å². The summed E-state index contributed by atoms with van der Waals surface area (Å²) < 4.78 is 9.74. The summed E-state index contributed by atoms with van der Waals surface area (Å²) in [6.45, 7) is 6.14. The quantitative estimate of drug-likeness (QED) is 0.491. The Morgan fingerprint density at radius 1 is 1.31 bits per heavy atom. The van der Waals surface area contributed by atoms with E-state index >= 15 is 0 Å². The Labute approximate surface area is 79.4 Å². The van der Waals surface area contributed by atoms with Gasteiger partial charge in [0.2, 0.25) is 0 Å². The molecule has 0 N–H and O–H groups in total. The first-order valence-corrected chi connectivity index (χ1v) is 5.77. The molecule has 0 spiro atoms. The Morgan fingerprint density at radius 3 is 2.08 bits per heavy atom. The van der Waals surface area contributed by atoms with E-state index in [1.807, 2.05) is 0 Å². The second-order valence-electron chi connectivity index (χ2n) is 2.51. The van der Waals surface area contributed by atoms with Gasteiger partial charge < -0.3 is 8.85 Å². The molecular weight excluding hydrogens is 188 g/mol. The average Bonchev–Trinajstić information content (AvgIpc) is 1.98. The zero-order valence-electron chi connectivity index (χ0n) is 7.91. The Bertz CT molecular complexity index is 186. The van der Waals surface area contributed by atoms with Gasteiger partial charge in [-0.2, -0.15) is 0 Å². The van der Waals surface area contributed by atoms with Crippen molar-refractivity contribution in [2.75, 3.05) is 0 Å². The van der Waals surface area contributed by atoms with Crippen LogP contribution in [0.25, 0.3) is 0 Å². The highest BCUT2D eigenvalue weighted by molar-refractivity contribution is 6.48. The van der Waals surface area contributed by atoms with Crippen molar-refractivity contribution >= 4 is 21.2 Å². The van der Waals surface area contributed by atoms with Crippen molar-refractivity contribution in [2.45, 2.75) is 26.3 Å². The Kier molecular flexibility index (Phi) is 5.87. The van der Waals surface area contributed by atoms with E-state index in [0.717, 1.165) is 0 Å². The first kappa shape index (κ1) is 11.9. The molecule has 0 unspecified atom stereocenters. The van der Waals surface area contributed by atoms with E-state index in [2.05, 4.69) is 6.58 Å². The average molecular weight is 202 g/mol. The SMILES string of the molecule is C=CCC[SiH](OC(C)=O)OC(C)=O. The number of hydrogen-bond donors (Lipinski definition) is 0. The first-order valence-electron chi connectivity index (χ1n) is 4.01. The van der Waals surface area contributed by atoms with E-state index in [-0.39, 0.29) is 0 Å². The van der Waals surface area contributed by atoms with Crippen LogP contribution < -0.4 is 0 Å². The van der Waals surface area contributed by atoms with Gasteiger partial charge in [-0.25, -0.2) is 0 Å². The van der Waals surface area contributed by atoms with Crippen LogP contribution in [0.3, 0.4) is 0 Å². The molecule has 0 saturated heterocycles. The third-order valence-corrected chi connectivity index (χ3v) is 3.20. The number of carbonyl (C=O) groups excluding carboxylic acids is 2. The van der Waals surface area contributed by atoms with Gasteiger partial charge >= 0.3 is 9.28 Å². The van der Waals surface area contributed by atoms with Crippen molar-refractivity contribution in [1.82, 2.24) is 0 Å². The van der Waals surface area contributed by atoms with Crippen LogP contribution in [0.5, 0.6) is 0 Å². The number of carbonyl (C=O) groups is 2. The summed E-state index contributed by atoms with van der Waals surface area (Å²) in [6, 6.07) is 0.586. The van der Waals surface area contributed by atoms with Crippen molar-refractivity contribution in [1.29, 1.82) is 0 Å². The Balaban J connectivity index is 3.93. The van der Waals surface area contributed by atoms with Crippen molar-refractivity contribution in [3.63, 3.8) is 0 Å². The van der Waals surface area contributed by atoms with Crippen molar-refractivity contribution in [3.8, 4) is 0 Å². The first-order chi connectivity index (χ1) is 6.06. The lowest BCUT2D eigenvalue weighted by molar-refractivity contribution is -0.137. The molecule has 0 aromatic heterocycles. The van der Waals surface area contributed by atoms with Gasteiger partial charge in [0.05, 0.1) is 0 Å². The Morgan fingerprint density at radius 2 is 1.77 bits per heavy atom. The van der Waals surface area contributed by atoms with Crippen LogP contribution in [0.1, 0.15) is 20.3 Å². The summed E-state index contributed by atoms with van der Waals surface area (Å²) in [5, 5.41) is 0. The maximum atomic E-state index is 10.6. The molecule has 0 radical (unpaired) electrons. The second-order valence-corrected chi connectivity index (χ2v) is 4.42. The van der Waals surface area contributed by atoms with E-state index in [1.54, 1.807) is 6.08 Å². The lowest BCUT2D eigenvalue weighted by atomic mass is 10.5. The fraction of sp³-hybridized carbons (Fsp3) is 0.500. The van der Waals surface area contributed by atoms with Gasteiger partial charge in [0, 0.05) is 19.9 Å². The third-order valence-electron chi connectivity index (χ3n) is 1.20.